The van der Waals surface area contributed by atoms with E-state index >= 15 is 0 Å². The Balaban J connectivity index is 1.14. The average Bonchev–Trinajstić information content (AvgIpc) is 3.82. The van der Waals surface area contributed by atoms with Gasteiger partial charge in [0.25, 0.3) is 0 Å². The van der Waals surface area contributed by atoms with E-state index in [0.717, 1.165) is 11.4 Å². The van der Waals surface area contributed by atoms with Gasteiger partial charge in [-0.3, -0.25) is 0 Å². The van der Waals surface area contributed by atoms with Crippen LogP contribution in [0.15, 0.2) is 176 Å². The minimum absolute atomic E-state index is 1.14. The van der Waals surface area contributed by atoms with E-state index in [-0.39, 0.29) is 0 Å². The lowest BCUT2D eigenvalue weighted by Gasteiger charge is -2.12. The van der Waals surface area contributed by atoms with E-state index < -0.39 is 0 Å². The van der Waals surface area contributed by atoms with Gasteiger partial charge in [-0.1, -0.05) is 103 Å². The molecule has 0 amide bonds. The Kier molecular flexibility index (Phi) is 5.57. The first-order chi connectivity index (χ1) is 23.3. The summed E-state index contributed by atoms with van der Waals surface area (Å²) in [6.45, 7) is 0. The second kappa shape index (κ2) is 10.1. The number of rotatable bonds is 4. The van der Waals surface area contributed by atoms with E-state index in [9.17, 15) is 0 Å². The highest BCUT2D eigenvalue weighted by Crippen LogP contribution is 2.38. The molecule has 0 radical (unpaired) electrons. The third kappa shape index (κ3) is 3.87. The Labute approximate surface area is 271 Å². The molecular weight excluding hydrogens is 571 g/mol. The van der Waals surface area contributed by atoms with Crippen molar-refractivity contribution in [3.05, 3.63) is 176 Å². The molecule has 3 heteroatoms. The van der Waals surface area contributed by atoms with Crippen LogP contribution in [0.5, 0.6) is 0 Å². The second-order valence-electron chi connectivity index (χ2n) is 12.2. The van der Waals surface area contributed by atoms with Crippen molar-refractivity contribution in [1.29, 1.82) is 0 Å². The zero-order valence-corrected chi connectivity index (χ0v) is 25.6. The van der Waals surface area contributed by atoms with Crippen molar-refractivity contribution in [2.75, 3.05) is 0 Å². The van der Waals surface area contributed by atoms with Crippen molar-refractivity contribution in [3.8, 4) is 28.2 Å². The van der Waals surface area contributed by atoms with Gasteiger partial charge in [-0.15, -0.1) is 0 Å². The third-order valence-corrected chi connectivity index (χ3v) is 9.68. The highest BCUT2D eigenvalue weighted by molar-refractivity contribution is 6.18. The molecular formula is C44H29N3. The topological polar surface area (TPSA) is 14.8 Å². The first-order valence-corrected chi connectivity index (χ1v) is 16.1. The van der Waals surface area contributed by atoms with Gasteiger partial charge >= 0.3 is 0 Å². The molecule has 3 nitrogen and oxygen atoms in total. The normalized spacial score (nSPS) is 11.8. The SMILES string of the molecule is c1ccc(-c2ccc3c4ccccc4n(-c4ccc(-n5ccc6c5ccc5c7ccccc7n(-c7ccccc7)c56)cc4)c3c2)cc1. The van der Waals surface area contributed by atoms with Crippen LogP contribution in [0, 0.1) is 0 Å². The predicted molar refractivity (Wildman–Crippen MR) is 197 cm³/mol. The third-order valence-electron chi connectivity index (χ3n) is 9.68. The van der Waals surface area contributed by atoms with Crippen molar-refractivity contribution in [2.45, 2.75) is 0 Å². The fraction of sp³-hybridized carbons (Fsp3) is 0. The van der Waals surface area contributed by atoms with Gasteiger partial charge in [0.2, 0.25) is 0 Å². The Morgan fingerprint density at radius 2 is 0.872 bits per heavy atom. The Morgan fingerprint density at radius 3 is 1.64 bits per heavy atom. The molecule has 0 saturated heterocycles. The molecule has 3 aromatic heterocycles. The highest BCUT2D eigenvalue weighted by atomic mass is 15.0. The van der Waals surface area contributed by atoms with Crippen molar-refractivity contribution < 1.29 is 0 Å². The summed E-state index contributed by atoms with van der Waals surface area (Å²) in [5.74, 6) is 0. The first kappa shape index (κ1) is 26.0. The van der Waals surface area contributed by atoms with Crippen LogP contribution < -0.4 is 0 Å². The van der Waals surface area contributed by atoms with E-state index in [4.69, 9.17) is 0 Å². The minimum atomic E-state index is 1.14. The van der Waals surface area contributed by atoms with E-state index in [1.807, 2.05) is 0 Å². The molecule has 0 aliphatic carbocycles. The largest absolute Gasteiger partial charge is 0.316 e. The van der Waals surface area contributed by atoms with Crippen molar-refractivity contribution in [2.24, 2.45) is 0 Å². The van der Waals surface area contributed by atoms with Crippen LogP contribution in [-0.2, 0) is 0 Å². The van der Waals surface area contributed by atoms with Gasteiger partial charge in [0, 0.05) is 50.2 Å². The molecule has 0 bridgehead atoms. The summed E-state index contributed by atoms with van der Waals surface area (Å²) in [6.07, 6.45) is 2.21. The summed E-state index contributed by atoms with van der Waals surface area (Å²) in [7, 11) is 0. The maximum absolute atomic E-state index is 2.41. The Hall–Kier alpha value is -6.32. The quantitative estimate of drug-likeness (QED) is 0.191. The van der Waals surface area contributed by atoms with Gasteiger partial charge < -0.3 is 13.7 Å². The van der Waals surface area contributed by atoms with Crippen LogP contribution in [0.3, 0.4) is 0 Å². The van der Waals surface area contributed by atoms with Gasteiger partial charge in [-0.2, -0.15) is 0 Å². The van der Waals surface area contributed by atoms with Crippen LogP contribution in [0.1, 0.15) is 0 Å². The summed E-state index contributed by atoms with van der Waals surface area (Å²) >= 11 is 0. The Morgan fingerprint density at radius 1 is 0.298 bits per heavy atom. The fourth-order valence-corrected chi connectivity index (χ4v) is 7.57. The molecule has 10 aromatic rings. The molecule has 0 aliphatic rings. The highest BCUT2D eigenvalue weighted by Gasteiger charge is 2.17. The van der Waals surface area contributed by atoms with E-state index in [1.165, 1.54) is 71.3 Å². The smallest absolute Gasteiger partial charge is 0.0635 e. The predicted octanol–water partition coefficient (Wildman–Crippen LogP) is 11.5. The summed E-state index contributed by atoms with van der Waals surface area (Å²) < 4.78 is 7.12. The molecule has 0 fully saturated rings. The molecule has 10 rings (SSSR count). The molecule has 47 heavy (non-hydrogen) atoms. The molecule has 0 spiro atoms. The molecule has 7 aromatic carbocycles. The Bertz CT molecular complexity index is 2760. The van der Waals surface area contributed by atoms with Crippen molar-refractivity contribution in [1.82, 2.24) is 13.7 Å². The molecule has 0 saturated carbocycles. The number of benzene rings is 7. The van der Waals surface area contributed by atoms with Crippen LogP contribution in [0.25, 0.3) is 82.7 Å². The van der Waals surface area contributed by atoms with Crippen molar-refractivity contribution >= 4 is 54.5 Å². The summed E-state index contributed by atoms with van der Waals surface area (Å²) in [5, 5.41) is 6.31. The van der Waals surface area contributed by atoms with Crippen LogP contribution in [0.2, 0.25) is 0 Å². The van der Waals surface area contributed by atoms with Gasteiger partial charge in [-0.25, -0.2) is 0 Å². The van der Waals surface area contributed by atoms with Gasteiger partial charge in [-0.05, 0) is 77.9 Å². The lowest BCUT2D eigenvalue weighted by atomic mass is 10.0. The number of nitrogens with zero attached hydrogens (tertiary/aromatic N) is 3. The standard InChI is InChI=1S/C44H29N3/c1-3-11-30(12-4-1)31-19-24-37-35-15-7-9-17-41(35)46(43(37)29-31)34-22-20-32(21-23-34)45-28-27-39-40(45)26-25-38-36-16-8-10-18-42(36)47(44(38)39)33-13-5-2-6-14-33/h1-29H. The number of hydrogen-bond acceptors (Lipinski definition) is 0. The maximum Gasteiger partial charge on any atom is 0.0635 e. The van der Waals surface area contributed by atoms with Gasteiger partial charge in [0.15, 0.2) is 0 Å². The molecule has 0 aliphatic heterocycles. The number of fused-ring (bicyclic) bond motifs is 8. The second-order valence-corrected chi connectivity index (χ2v) is 12.2. The summed E-state index contributed by atoms with van der Waals surface area (Å²) in [4.78, 5) is 0. The number of aromatic nitrogens is 3. The average molecular weight is 600 g/mol. The van der Waals surface area contributed by atoms with Crippen LogP contribution in [-0.4, -0.2) is 13.7 Å². The monoisotopic (exact) mass is 599 g/mol. The first-order valence-electron chi connectivity index (χ1n) is 16.1. The molecule has 3 heterocycles. The zero-order valence-electron chi connectivity index (χ0n) is 25.6. The minimum Gasteiger partial charge on any atom is -0.316 e. The molecule has 0 unspecified atom stereocenters. The fourth-order valence-electron chi connectivity index (χ4n) is 7.57. The van der Waals surface area contributed by atoms with Crippen LogP contribution in [0.4, 0.5) is 0 Å². The van der Waals surface area contributed by atoms with Gasteiger partial charge in [0.1, 0.15) is 0 Å². The lowest BCUT2D eigenvalue weighted by Crippen LogP contribution is -1.97. The molecule has 220 valence electrons. The van der Waals surface area contributed by atoms with Crippen LogP contribution >= 0.6 is 0 Å². The molecule has 0 atom stereocenters. The zero-order chi connectivity index (χ0) is 30.9. The number of hydrogen-bond donors (Lipinski definition) is 0. The lowest BCUT2D eigenvalue weighted by molar-refractivity contribution is 1.11. The molecule has 0 N–H and O–H groups in total. The van der Waals surface area contributed by atoms with E-state index in [1.54, 1.807) is 0 Å². The van der Waals surface area contributed by atoms with Crippen molar-refractivity contribution in [3.63, 3.8) is 0 Å². The van der Waals surface area contributed by atoms with E-state index in [2.05, 4.69) is 190 Å². The summed E-state index contributed by atoms with van der Waals surface area (Å²) in [5.41, 5.74) is 12.0. The summed E-state index contributed by atoms with van der Waals surface area (Å²) in [6, 6.07) is 61.4. The van der Waals surface area contributed by atoms with Gasteiger partial charge in [0.05, 0.1) is 27.6 Å². The number of para-hydroxylation sites is 3. The maximum atomic E-state index is 2.41. The van der Waals surface area contributed by atoms with E-state index in [0.29, 0.717) is 0 Å².